The van der Waals surface area contributed by atoms with Crippen LogP contribution in [0.25, 0.3) is 10.9 Å². The van der Waals surface area contributed by atoms with Gasteiger partial charge in [-0.3, -0.25) is 10.4 Å². The number of pyridine rings is 1. The fourth-order valence-corrected chi connectivity index (χ4v) is 3.36. The van der Waals surface area contributed by atoms with Gasteiger partial charge in [0.2, 0.25) is 0 Å². The lowest BCUT2D eigenvalue weighted by Gasteiger charge is -2.11. The summed E-state index contributed by atoms with van der Waals surface area (Å²) in [7, 11) is 0. The van der Waals surface area contributed by atoms with Crippen molar-refractivity contribution in [2.75, 3.05) is 0 Å². The number of benzene rings is 1. The van der Waals surface area contributed by atoms with E-state index in [0.717, 1.165) is 5.57 Å². The molecule has 0 amide bonds. The van der Waals surface area contributed by atoms with E-state index in [1.165, 1.54) is 18.2 Å². The Morgan fingerprint density at radius 1 is 1.12 bits per heavy atom. The molecule has 0 aliphatic heterocycles. The normalized spacial score (nSPS) is 13.1. The number of rotatable bonds is 12. The molecule has 0 unspecified atom stereocenters. The first-order chi connectivity index (χ1) is 19.7. The molecule has 0 fully saturated rings. The van der Waals surface area contributed by atoms with Crippen LogP contribution in [-0.4, -0.2) is 21.6 Å². The summed E-state index contributed by atoms with van der Waals surface area (Å²) in [6, 6.07) is 6.38. The molecule has 0 radical (unpaired) electrons. The number of allylic oxidation sites excluding steroid dienone is 7. The molecule has 0 spiro atoms. The first-order valence-electron chi connectivity index (χ1n) is 14.0. The predicted molar refractivity (Wildman–Crippen MR) is 175 cm³/mol. The number of amidine groups is 1. The molecule has 2 aromatic rings. The van der Waals surface area contributed by atoms with Crippen LogP contribution in [0.3, 0.4) is 0 Å². The van der Waals surface area contributed by atoms with Crippen molar-refractivity contribution in [1.82, 2.24) is 10.4 Å². The summed E-state index contributed by atoms with van der Waals surface area (Å²) in [5.41, 5.74) is 5.76. The molecule has 41 heavy (non-hydrogen) atoms. The third-order valence-electron chi connectivity index (χ3n) is 5.38. The number of hydrogen-bond donors (Lipinski definition) is 2. The number of hydrogen-bond acceptors (Lipinski definition) is 5. The second-order valence-electron chi connectivity index (χ2n) is 8.15. The second kappa shape index (κ2) is 21.1. The molecule has 1 heterocycles. The number of halogens is 2. The maximum Gasteiger partial charge on any atom is 0.161 e. The highest BCUT2D eigenvalue weighted by molar-refractivity contribution is 6.29. The summed E-state index contributed by atoms with van der Waals surface area (Å²) in [4.78, 5) is 8.79. The molecule has 8 heteroatoms. The Kier molecular flexibility index (Phi) is 19.2. The lowest BCUT2D eigenvalue weighted by atomic mass is 10.1. The zero-order valence-electron chi connectivity index (χ0n) is 25.8. The number of nitrogens with zero attached hydrogens (tertiary/aromatic N) is 3. The van der Waals surface area contributed by atoms with Crippen molar-refractivity contribution in [3.8, 4) is 11.5 Å². The molecule has 0 aliphatic carbocycles. The summed E-state index contributed by atoms with van der Waals surface area (Å²) in [6.07, 6.45) is 8.54. The van der Waals surface area contributed by atoms with Gasteiger partial charge in [-0.05, 0) is 56.7 Å². The first-order valence-corrected chi connectivity index (χ1v) is 14.4. The molecule has 0 aliphatic rings. The van der Waals surface area contributed by atoms with E-state index < -0.39 is 5.83 Å². The van der Waals surface area contributed by atoms with Gasteiger partial charge in [-0.25, -0.2) is 9.38 Å². The predicted octanol–water partition coefficient (Wildman–Crippen LogP) is 10.3. The van der Waals surface area contributed by atoms with Crippen LogP contribution >= 0.6 is 11.6 Å². The van der Waals surface area contributed by atoms with Crippen molar-refractivity contribution >= 4 is 34.1 Å². The second-order valence-corrected chi connectivity index (χ2v) is 8.72. The van der Waals surface area contributed by atoms with E-state index in [0.29, 0.717) is 64.6 Å². The monoisotopic (exact) mass is 584 g/mol. The third-order valence-corrected chi connectivity index (χ3v) is 5.60. The van der Waals surface area contributed by atoms with Gasteiger partial charge in [0.05, 0.1) is 16.9 Å². The van der Waals surface area contributed by atoms with Gasteiger partial charge in [0.15, 0.2) is 5.83 Å². The van der Waals surface area contributed by atoms with E-state index in [-0.39, 0.29) is 11.5 Å². The highest BCUT2D eigenvalue weighted by atomic mass is 35.5. The fourth-order valence-electron chi connectivity index (χ4n) is 3.24. The number of nitrogens with one attached hydrogen (secondary N) is 1. The molecule has 2 rings (SSSR count). The molecule has 0 atom stereocenters. The van der Waals surface area contributed by atoms with Gasteiger partial charge in [0.1, 0.15) is 23.1 Å². The summed E-state index contributed by atoms with van der Waals surface area (Å²) >= 11 is 6.14. The number of aromatic hydroxyl groups is 1. The number of phenols is 1. The van der Waals surface area contributed by atoms with Crippen LogP contribution in [0.5, 0.6) is 11.5 Å². The summed E-state index contributed by atoms with van der Waals surface area (Å²) in [6.45, 7) is 22.8. The van der Waals surface area contributed by atoms with Gasteiger partial charge in [-0.1, -0.05) is 71.4 Å². The Balaban J connectivity index is 0.00000382. The molecular formula is C33H46ClFN4O2. The van der Waals surface area contributed by atoms with E-state index in [9.17, 15) is 5.11 Å². The highest BCUT2D eigenvalue weighted by Gasteiger charge is 2.10. The Morgan fingerprint density at radius 3 is 2.37 bits per heavy atom. The SMILES string of the molecule is C=CC/C(N=C(CC)N/N=C(\C=C)C/C(=C/C(F)=C(\C)Oc1ccnc2ccc(O)cc12)CC)=C(\C)Cl.CC.CC. The highest BCUT2D eigenvalue weighted by Crippen LogP contribution is 2.29. The van der Waals surface area contributed by atoms with Gasteiger partial charge in [0, 0.05) is 35.9 Å². The molecule has 0 saturated heterocycles. The minimum Gasteiger partial charge on any atom is -0.508 e. The van der Waals surface area contributed by atoms with Crippen molar-refractivity contribution in [1.29, 1.82) is 0 Å². The van der Waals surface area contributed by atoms with Crippen molar-refractivity contribution < 1.29 is 14.2 Å². The van der Waals surface area contributed by atoms with Crippen LogP contribution < -0.4 is 10.2 Å². The number of aromatic nitrogens is 1. The van der Waals surface area contributed by atoms with Gasteiger partial charge >= 0.3 is 0 Å². The van der Waals surface area contributed by atoms with E-state index in [1.807, 2.05) is 41.5 Å². The van der Waals surface area contributed by atoms with Crippen molar-refractivity contribution in [3.63, 3.8) is 0 Å². The molecule has 0 bridgehead atoms. The largest absolute Gasteiger partial charge is 0.508 e. The summed E-state index contributed by atoms with van der Waals surface area (Å²) in [5.74, 6) is 0.707. The van der Waals surface area contributed by atoms with E-state index >= 15 is 4.39 Å². The van der Waals surface area contributed by atoms with Crippen LogP contribution in [0.1, 0.15) is 81.1 Å². The minimum absolute atomic E-state index is 0.0764. The van der Waals surface area contributed by atoms with Gasteiger partial charge in [-0.2, -0.15) is 5.10 Å². The number of hydrazone groups is 1. The van der Waals surface area contributed by atoms with Crippen LogP contribution in [0.15, 0.2) is 99.8 Å². The standard InChI is InChI=1S/C29H34ClFN4O2.2C2H6/c1-7-11-26(19(5)30)33-29(10-4)35-34-22(9-3)16-21(8-2)17-25(31)20(6)37-28-14-15-32-27-13-12-23(36)18-24(27)28;2*1-2/h7,9,12-15,17-18,36H,1,3,8,10-11,16H2,2,4-6H3,(H,33,35);2*1-2H3/b21-17+,25-20-,26-19-,34-22+;;. The Bertz CT molecular complexity index is 1290. The topological polar surface area (TPSA) is 79.1 Å². The zero-order chi connectivity index (χ0) is 31.4. The molecule has 6 nitrogen and oxygen atoms in total. The maximum atomic E-state index is 15.1. The molecule has 1 aromatic heterocycles. The molecule has 2 N–H and O–H groups in total. The number of fused-ring (bicyclic) bond motifs is 1. The average Bonchev–Trinajstić information content (AvgIpc) is 2.99. The fraction of sp³-hybridized carbons (Fsp3) is 0.364. The Labute approximate surface area is 250 Å². The molecule has 224 valence electrons. The zero-order valence-corrected chi connectivity index (χ0v) is 26.6. The maximum absolute atomic E-state index is 15.1. The van der Waals surface area contributed by atoms with Crippen LogP contribution in [-0.2, 0) is 0 Å². The van der Waals surface area contributed by atoms with E-state index in [1.54, 1.807) is 44.3 Å². The van der Waals surface area contributed by atoms with Gasteiger partial charge in [-0.15, -0.1) is 6.58 Å². The van der Waals surface area contributed by atoms with E-state index in [4.69, 9.17) is 16.3 Å². The number of aliphatic imine (C=N–C) groups is 1. The molecule has 1 aromatic carbocycles. The first kappa shape index (κ1) is 37.3. The Morgan fingerprint density at radius 2 is 1.80 bits per heavy atom. The van der Waals surface area contributed by atoms with Crippen molar-refractivity contribution in [2.45, 2.75) is 81.1 Å². The molecular weight excluding hydrogens is 539 g/mol. The van der Waals surface area contributed by atoms with Crippen LogP contribution in [0.2, 0.25) is 0 Å². The average molecular weight is 585 g/mol. The van der Waals surface area contributed by atoms with Crippen LogP contribution in [0, 0.1) is 0 Å². The van der Waals surface area contributed by atoms with Crippen molar-refractivity contribution in [3.05, 3.63) is 89.7 Å². The summed E-state index contributed by atoms with van der Waals surface area (Å²) in [5, 5.41) is 15.4. The van der Waals surface area contributed by atoms with Crippen molar-refractivity contribution in [2.24, 2.45) is 10.1 Å². The summed E-state index contributed by atoms with van der Waals surface area (Å²) < 4.78 is 20.9. The molecule has 0 saturated carbocycles. The van der Waals surface area contributed by atoms with Gasteiger partial charge < -0.3 is 9.84 Å². The number of phenolic OH excluding ortho intramolecular Hbond substituents is 1. The van der Waals surface area contributed by atoms with E-state index in [2.05, 4.69) is 33.7 Å². The lowest BCUT2D eigenvalue weighted by Crippen LogP contribution is -2.19. The quantitative estimate of drug-likeness (QED) is 0.0649. The number of ether oxygens (including phenoxy) is 1. The lowest BCUT2D eigenvalue weighted by molar-refractivity contribution is 0.406. The van der Waals surface area contributed by atoms with Crippen LogP contribution in [0.4, 0.5) is 4.39 Å². The minimum atomic E-state index is -0.508. The smallest absolute Gasteiger partial charge is 0.161 e. The Hall–Kier alpha value is -3.71. The van der Waals surface area contributed by atoms with Gasteiger partial charge in [0.25, 0.3) is 0 Å². The third kappa shape index (κ3) is 13.0.